The molecule has 0 bridgehead atoms. The number of carbonyl (C=O) groups excluding carboxylic acids is 1. The average molecular weight is 344 g/mol. The van der Waals surface area contributed by atoms with Gasteiger partial charge in [-0.3, -0.25) is 4.79 Å². The fraction of sp³-hybridized carbons (Fsp3) is 0.474. The zero-order valence-electron chi connectivity index (χ0n) is 14.2. The van der Waals surface area contributed by atoms with E-state index in [1.807, 2.05) is 29.3 Å². The summed E-state index contributed by atoms with van der Waals surface area (Å²) in [5.41, 5.74) is 1.45. The van der Waals surface area contributed by atoms with E-state index >= 15 is 0 Å². The number of carbonyl (C=O) groups is 1. The number of hydrogen-bond donors (Lipinski definition) is 1. The molecule has 2 atom stereocenters. The summed E-state index contributed by atoms with van der Waals surface area (Å²) in [5.74, 6) is 0.824. The summed E-state index contributed by atoms with van der Waals surface area (Å²) in [6.07, 6.45) is 4.76. The zero-order chi connectivity index (χ0) is 17.1. The lowest BCUT2D eigenvalue weighted by Gasteiger charge is -2.37. The number of thiazole rings is 1. The van der Waals surface area contributed by atoms with Crippen LogP contribution < -0.4 is 0 Å². The largest absolute Gasteiger partial charge is 0.508 e. The average Bonchev–Trinajstić information content (AvgIpc) is 3.08. The van der Waals surface area contributed by atoms with E-state index in [4.69, 9.17) is 0 Å². The summed E-state index contributed by atoms with van der Waals surface area (Å²) in [6, 6.07) is 7.25. The molecule has 1 aromatic carbocycles. The molecule has 24 heavy (non-hydrogen) atoms. The van der Waals surface area contributed by atoms with Crippen LogP contribution in [-0.2, 0) is 0 Å². The first kappa shape index (κ1) is 17.0. The van der Waals surface area contributed by atoms with Crippen LogP contribution in [0.1, 0.15) is 50.0 Å². The smallest absolute Gasteiger partial charge is 0.273 e. The Morgan fingerprint density at radius 2 is 2.00 bits per heavy atom. The van der Waals surface area contributed by atoms with Gasteiger partial charge in [0.15, 0.2) is 0 Å². The van der Waals surface area contributed by atoms with Gasteiger partial charge >= 0.3 is 0 Å². The van der Waals surface area contributed by atoms with Crippen LogP contribution in [0, 0.1) is 5.92 Å². The second-order valence-corrected chi connectivity index (χ2v) is 7.36. The van der Waals surface area contributed by atoms with E-state index < -0.39 is 0 Å². The van der Waals surface area contributed by atoms with Gasteiger partial charge in [-0.05, 0) is 49.9 Å². The van der Waals surface area contributed by atoms with Crippen LogP contribution in [0.25, 0.3) is 10.6 Å². The van der Waals surface area contributed by atoms with Crippen LogP contribution in [0.2, 0.25) is 0 Å². The van der Waals surface area contributed by atoms with Gasteiger partial charge in [-0.2, -0.15) is 0 Å². The van der Waals surface area contributed by atoms with Gasteiger partial charge in [0, 0.05) is 23.5 Å². The predicted molar refractivity (Wildman–Crippen MR) is 97.3 cm³/mol. The standard InChI is InChI=1S/C19H24N2O2S/c1-3-21(17-7-5-4-6-13(17)2)19(23)16-12-24-18(20-16)14-8-10-15(22)11-9-14/h8-13,17,22H,3-7H2,1-2H3. The van der Waals surface area contributed by atoms with Crippen molar-refractivity contribution in [3.8, 4) is 16.3 Å². The third-order valence-corrected chi connectivity index (χ3v) is 5.80. The van der Waals surface area contributed by atoms with Crippen LogP contribution in [0.15, 0.2) is 29.6 Å². The summed E-state index contributed by atoms with van der Waals surface area (Å²) < 4.78 is 0. The molecule has 1 aliphatic carbocycles. The maximum atomic E-state index is 12.9. The van der Waals surface area contributed by atoms with Crippen LogP contribution in [0.3, 0.4) is 0 Å². The Hall–Kier alpha value is -1.88. The lowest BCUT2D eigenvalue weighted by molar-refractivity contribution is 0.0565. The van der Waals surface area contributed by atoms with Gasteiger partial charge in [-0.15, -0.1) is 11.3 Å². The minimum absolute atomic E-state index is 0.0394. The summed E-state index contributed by atoms with van der Waals surface area (Å²) in [7, 11) is 0. The van der Waals surface area contributed by atoms with Crippen LogP contribution in [0.5, 0.6) is 5.75 Å². The van der Waals surface area contributed by atoms with Gasteiger partial charge in [-0.1, -0.05) is 19.8 Å². The molecule has 0 spiro atoms. The summed E-state index contributed by atoms with van der Waals surface area (Å²) >= 11 is 1.47. The highest BCUT2D eigenvalue weighted by Gasteiger charge is 2.30. The molecule has 1 N–H and O–H groups in total. The first-order valence-corrected chi connectivity index (χ1v) is 9.54. The topological polar surface area (TPSA) is 53.4 Å². The summed E-state index contributed by atoms with van der Waals surface area (Å²) in [4.78, 5) is 19.5. The van der Waals surface area contributed by atoms with Crippen molar-refractivity contribution in [3.63, 3.8) is 0 Å². The van der Waals surface area contributed by atoms with Crippen molar-refractivity contribution < 1.29 is 9.90 Å². The van der Waals surface area contributed by atoms with Gasteiger partial charge in [-0.25, -0.2) is 4.98 Å². The normalized spacial score (nSPS) is 20.8. The second-order valence-electron chi connectivity index (χ2n) is 6.51. The minimum atomic E-state index is 0.0394. The van der Waals surface area contributed by atoms with Crippen molar-refractivity contribution in [1.29, 1.82) is 0 Å². The Labute approximate surface area is 147 Å². The Morgan fingerprint density at radius 1 is 1.29 bits per heavy atom. The quantitative estimate of drug-likeness (QED) is 0.885. The van der Waals surface area contributed by atoms with Crippen molar-refractivity contribution in [3.05, 3.63) is 35.3 Å². The molecule has 1 amide bonds. The molecule has 1 fully saturated rings. The van der Waals surface area contributed by atoms with Gasteiger partial charge in [0.1, 0.15) is 16.5 Å². The van der Waals surface area contributed by atoms with Crippen molar-refractivity contribution in [2.24, 2.45) is 5.92 Å². The number of phenolic OH excluding ortho intramolecular Hbond substituents is 1. The van der Waals surface area contributed by atoms with Gasteiger partial charge in [0.05, 0.1) is 0 Å². The molecule has 2 unspecified atom stereocenters. The summed E-state index contributed by atoms with van der Waals surface area (Å²) in [6.45, 7) is 5.02. The summed E-state index contributed by atoms with van der Waals surface area (Å²) in [5, 5.41) is 12.1. The van der Waals surface area contributed by atoms with Crippen molar-refractivity contribution in [2.75, 3.05) is 6.54 Å². The molecule has 1 aliphatic rings. The predicted octanol–water partition coefficient (Wildman–Crippen LogP) is 4.56. The van der Waals surface area contributed by atoms with Gasteiger partial charge < -0.3 is 10.0 Å². The molecule has 4 nitrogen and oxygen atoms in total. The highest BCUT2D eigenvalue weighted by molar-refractivity contribution is 7.13. The molecule has 1 aromatic heterocycles. The SMILES string of the molecule is CCN(C(=O)c1csc(-c2ccc(O)cc2)n1)C1CCCCC1C. The minimum Gasteiger partial charge on any atom is -0.508 e. The molecule has 2 aromatic rings. The highest BCUT2D eigenvalue weighted by Crippen LogP contribution is 2.30. The Morgan fingerprint density at radius 3 is 2.67 bits per heavy atom. The van der Waals surface area contributed by atoms with Crippen molar-refractivity contribution in [1.82, 2.24) is 9.88 Å². The third kappa shape index (κ3) is 3.46. The first-order chi connectivity index (χ1) is 11.6. The van der Waals surface area contributed by atoms with Crippen molar-refractivity contribution >= 4 is 17.2 Å². The zero-order valence-corrected chi connectivity index (χ0v) is 15.1. The molecule has 0 saturated heterocycles. The van der Waals surface area contributed by atoms with Crippen molar-refractivity contribution in [2.45, 2.75) is 45.6 Å². The number of benzene rings is 1. The number of rotatable bonds is 4. The molecular formula is C19H24N2O2S. The first-order valence-electron chi connectivity index (χ1n) is 8.66. The van der Waals surface area contributed by atoms with Crippen LogP contribution in [-0.4, -0.2) is 33.5 Å². The van der Waals surface area contributed by atoms with E-state index in [0.29, 0.717) is 17.7 Å². The number of nitrogens with zero attached hydrogens (tertiary/aromatic N) is 2. The maximum absolute atomic E-state index is 12.9. The number of amides is 1. The van der Waals surface area contributed by atoms with Gasteiger partial charge in [0.25, 0.3) is 5.91 Å². The maximum Gasteiger partial charge on any atom is 0.273 e. The molecule has 0 radical (unpaired) electrons. The lowest BCUT2D eigenvalue weighted by Crippen LogP contribution is -2.45. The highest BCUT2D eigenvalue weighted by atomic mass is 32.1. The Balaban J connectivity index is 1.80. The fourth-order valence-electron chi connectivity index (χ4n) is 3.54. The number of aromatic hydroxyl groups is 1. The third-order valence-electron chi connectivity index (χ3n) is 4.91. The molecule has 3 rings (SSSR count). The van der Waals surface area contributed by atoms with E-state index in [2.05, 4.69) is 11.9 Å². The van der Waals surface area contributed by atoms with E-state index in [1.54, 1.807) is 12.1 Å². The van der Waals surface area contributed by atoms with E-state index in [-0.39, 0.29) is 11.7 Å². The van der Waals surface area contributed by atoms with Crippen LogP contribution >= 0.6 is 11.3 Å². The van der Waals surface area contributed by atoms with E-state index in [1.165, 1.54) is 30.6 Å². The number of aromatic nitrogens is 1. The van der Waals surface area contributed by atoms with Gasteiger partial charge in [0.2, 0.25) is 0 Å². The molecule has 5 heteroatoms. The van der Waals surface area contributed by atoms with E-state index in [9.17, 15) is 9.90 Å². The Kier molecular flexibility index (Phi) is 5.19. The Bertz CT molecular complexity index is 696. The molecular weight excluding hydrogens is 320 g/mol. The fourth-order valence-corrected chi connectivity index (χ4v) is 4.34. The molecule has 1 saturated carbocycles. The monoisotopic (exact) mass is 344 g/mol. The molecule has 1 heterocycles. The van der Waals surface area contributed by atoms with Crippen LogP contribution in [0.4, 0.5) is 0 Å². The molecule has 128 valence electrons. The second kappa shape index (κ2) is 7.34. The van der Waals surface area contributed by atoms with E-state index in [0.717, 1.165) is 23.5 Å². The molecule has 0 aliphatic heterocycles. The number of phenols is 1. The lowest BCUT2D eigenvalue weighted by atomic mass is 9.84. The number of hydrogen-bond acceptors (Lipinski definition) is 4.